The van der Waals surface area contributed by atoms with Crippen LogP contribution in [0.15, 0.2) is 35.4 Å². The Morgan fingerprint density at radius 1 is 1.29 bits per heavy atom. The van der Waals surface area contributed by atoms with Crippen LogP contribution in [0.3, 0.4) is 0 Å². The molecule has 8 heteroatoms. The minimum Gasteiger partial charge on any atom is -0.481 e. The molecule has 0 saturated heterocycles. The molecule has 1 saturated carbocycles. The summed E-state index contributed by atoms with van der Waals surface area (Å²) in [5.41, 5.74) is 8.09. The number of carboxylic acid groups (broad SMARTS) is 1. The maximum atomic E-state index is 12.1. The number of urea groups is 1. The first-order valence-electron chi connectivity index (χ1n) is 7.55. The molecule has 2 unspecified atom stereocenters. The Labute approximate surface area is 138 Å². The molecule has 2 rings (SSSR count). The van der Waals surface area contributed by atoms with E-state index in [0.29, 0.717) is 30.5 Å². The molecule has 8 nitrogen and oxygen atoms in total. The Kier molecular flexibility index (Phi) is 5.89. The molecule has 0 radical (unpaired) electrons. The minimum atomic E-state index is -0.984. The van der Waals surface area contributed by atoms with Gasteiger partial charge < -0.3 is 15.6 Å². The molecule has 1 aliphatic rings. The van der Waals surface area contributed by atoms with Crippen LogP contribution in [-0.4, -0.2) is 34.9 Å². The number of hydrogen-bond donors (Lipinski definition) is 3. The van der Waals surface area contributed by atoms with E-state index in [9.17, 15) is 14.4 Å². The van der Waals surface area contributed by atoms with Gasteiger partial charge in [-0.2, -0.15) is 5.10 Å². The number of rotatable bonds is 5. The number of amides is 2. The first-order valence-corrected chi connectivity index (χ1v) is 7.55. The monoisotopic (exact) mass is 333 g/mol. The molecule has 1 aromatic rings. The third-order valence-electron chi connectivity index (χ3n) is 3.76. The quantitative estimate of drug-likeness (QED) is 0.555. The first kappa shape index (κ1) is 17.5. The minimum absolute atomic E-state index is 0.154. The number of nitrogens with zero attached hydrogens (tertiary/aromatic N) is 1. The summed E-state index contributed by atoms with van der Waals surface area (Å²) in [6.07, 6.45) is 0.719. The summed E-state index contributed by atoms with van der Waals surface area (Å²) in [5, 5.41) is 12.9. The molecule has 0 spiro atoms. The van der Waals surface area contributed by atoms with E-state index in [4.69, 9.17) is 15.6 Å². The third-order valence-corrected chi connectivity index (χ3v) is 3.76. The second-order valence-electron chi connectivity index (χ2n) is 5.54. The lowest BCUT2D eigenvalue weighted by Gasteiger charge is -2.29. The topological polar surface area (TPSA) is 131 Å². The lowest BCUT2D eigenvalue weighted by atomic mass is 9.83. The van der Waals surface area contributed by atoms with Crippen molar-refractivity contribution in [3.63, 3.8) is 0 Å². The van der Waals surface area contributed by atoms with Crippen LogP contribution >= 0.6 is 0 Å². The van der Waals surface area contributed by atoms with Crippen LogP contribution in [0.5, 0.6) is 0 Å². The molecule has 0 bridgehead atoms. The number of carbonyl (C=O) groups is 3. The van der Waals surface area contributed by atoms with E-state index in [2.05, 4.69) is 10.5 Å². The number of aliphatic carboxylic acids is 1. The van der Waals surface area contributed by atoms with Gasteiger partial charge in [-0.3, -0.25) is 4.79 Å². The Morgan fingerprint density at radius 2 is 2.00 bits per heavy atom. The summed E-state index contributed by atoms with van der Waals surface area (Å²) >= 11 is 0. The van der Waals surface area contributed by atoms with Gasteiger partial charge in [0.15, 0.2) is 0 Å². The standard InChI is InChI=1S/C16H19N3O5/c17-16(23)19-18-13-7-6-12(8-11(13)9-14(20)21)24-15(22)10-4-2-1-3-5-10/h1-5,11-12H,6-9H2,(H,20,21)(H3,17,19,23)/b18-13+. The number of nitrogens with one attached hydrogen (secondary N) is 1. The van der Waals surface area contributed by atoms with E-state index in [1.165, 1.54) is 0 Å². The molecule has 1 fully saturated rings. The van der Waals surface area contributed by atoms with Crippen molar-refractivity contribution >= 4 is 23.7 Å². The van der Waals surface area contributed by atoms with E-state index >= 15 is 0 Å². The normalized spacial score (nSPS) is 21.9. The van der Waals surface area contributed by atoms with Crippen molar-refractivity contribution in [2.75, 3.05) is 0 Å². The number of hydrogen-bond acceptors (Lipinski definition) is 5. The molecule has 24 heavy (non-hydrogen) atoms. The molecule has 0 heterocycles. The fourth-order valence-electron chi connectivity index (χ4n) is 2.67. The van der Waals surface area contributed by atoms with Crippen LogP contribution < -0.4 is 11.2 Å². The molecular formula is C16H19N3O5. The van der Waals surface area contributed by atoms with Gasteiger partial charge in [0.05, 0.1) is 12.0 Å². The third kappa shape index (κ3) is 5.08. The number of hydrazone groups is 1. The van der Waals surface area contributed by atoms with Crippen LogP contribution in [0.4, 0.5) is 4.79 Å². The maximum absolute atomic E-state index is 12.1. The van der Waals surface area contributed by atoms with Gasteiger partial charge in [-0.15, -0.1) is 0 Å². The van der Waals surface area contributed by atoms with Crippen molar-refractivity contribution in [2.45, 2.75) is 31.8 Å². The van der Waals surface area contributed by atoms with Crippen molar-refractivity contribution in [1.29, 1.82) is 0 Å². The number of carbonyl (C=O) groups excluding carboxylic acids is 2. The van der Waals surface area contributed by atoms with Gasteiger partial charge in [0, 0.05) is 11.6 Å². The van der Waals surface area contributed by atoms with Crippen LogP contribution in [0.25, 0.3) is 0 Å². The van der Waals surface area contributed by atoms with Crippen molar-refractivity contribution in [1.82, 2.24) is 5.43 Å². The number of ether oxygens (including phenoxy) is 1. The molecule has 1 aromatic carbocycles. The van der Waals surface area contributed by atoms with Crippen molar-refractivity contribution < 1.29 is 24.2 Å². The molecule has 128 valence electrons. The SMILES string of the molecule is NC(=O)N/N=C1\CCC(OC(=O)c2ccccc2)CC1CC(=O)O. The van der Waals surface area contributed by atoms with Gasteiger partial charge in [-0.25, -0.2) is 15.0 Å². The van der Waals surface area contributed by atoms with Gasteiger partial charge in [0.1, 0.15) is 6.10 Å². The number of nitrogens with two attached hydrogens (primary N) is 1. The highest BCUT2D eigenvalue weighted by Gasteiger charge is 2.31. The van der Waals surface area contributed by atoms with Crippen molar-refractivity contribution in [3.8, 4) is 0 Å². The first-order chi connectivity index (χ1) is 11.5. The van der Waals surface area contributed by atoms with Crippen LogP contribution in [0.2, 0.25) is 0 Å². The van der Waals surface area contributed by atoms with E-state index in [1.807, 2.05) is 0 Å². The Bertz CT molecular complexity index is 644. The number of carboxylic acids is 1. The Balaban J connectivity index is 2.02. The van der Waals surface area contributed by atoms with Crippen molar-refractivity contribution in [3.05, 3.63) is 35.9 Å². The van der Waals surface area contributed by atoms with E-state index in [0.717, 1.165) is 0 Å². The highest BCUT2D eigenvalue weighted by Crippen LogP contribution is 2.27. The molecule has 0 aromatic heterocycles. The summed E-state index contributed by atoms with van der Waals surface area (Å²) in [4.78, 5) is 33.9. The number of benzene rings is 1. The molecule has 1 aliphatic carbocycles. The highest BCUT2D eigenvalue weighted by atomic mass is 16.5. The van der Waals surface area contributed by atoms with E-state index < -0.39 is 30.0 Å². The Morgan fingerprint density at radius 3 is 2.62 bits per heavy atom. The van der Waals surface area contributed by atoms with Gasteiger partial charge in [0.25, 0.3) is 0 Å². The molecular weight excluding hydrogens is 314 g/mol. The fraction of sp³-hybridized carbons (Fsp3) is 0.375. The predicted molar refractivity (Wildman–Crippen MR) is 85.4 cm³/mol. The van der Waals surface area contributed by atoms with E-state index in [-0.39, 0.29) is 6.42 Å². The van der Waals surface area contributed by atoms with Crippen LogP contribution in [0, 0.1) is 5.92 Å². The van der Waals surface area contributed by atoms with E-state index in [1.54, 1.807) is 30.3 Å². The largest absolute Gasteiger partial charge is 0.481 e. The smallest absolute Gasteiger partial charge is 0.338 e. The van der Waals surface area contributed by atoms with Gasteiger partial charge in [-0.1, -0.05) is 18.2 Å². The molecule has 2 amide bonds. The lowest BCUT2D eigenvalue weighted by molar-refractivity contribution is -0.137. The molecule has 4 N–H and O–H groups in total. The zero-order valence-electron chi connectivity index (χ0n) is 13.0. The van der Waals surface area contributed by atoms with Gasteiger partial charge >= 0.3 is 18.0 Å². The van der Waals surface area contributed by atoms with Gasteiger partial charge in [0.2, 0.25) is 0 Å². The summed E-state index contributed by atoms with van der Waals surface area (Å²) in [6.45, 7) is 0. The van der Waals surface area contributed by atoms with Gasteiger partial charge in [-0.05, 0) is 31.4 Å². The van der Waals surface area contributed by atoms with Crippen LogP contribution in [-0.2, 0) is 9.53 Å². The molecule has 0 aliphatic heterocycles. The maximum Gasteiger partial charge on any atom is 0.338 e. The second kappa shape index (κ2) is 8.09. The van der Waals surface area contributed by atoms with Crippen LogP contribution in [0.1, 0.15) is 36.0 Å². The average molecular weight is 333 g/mol. The number of esters is 1. The number of primary amides is 1. The Hall–Kier alpha value is -2.90. The fourth-order valence-corrected chi connectivity index (χ4v) is 2.67. The average Bonchev–Trinajstić information content (AvgIpc) is 2.54. The summed E-state index contributed by atoms with van der Waals surface area (Å²) in [5.74, 6) is -1.84. The zero-order valence-corrected chi connectivity index (χ0v) is 13.0. The summed E-state index contributed by atoms with van der Waals surface area (Å²) in [7, 11) is 0. The predicted octanol–water partition coefficient (Wildman–Crippen LogP) is 1.51. The summed E-state index contributed by atoms with van der Waals surface area (Å²) < 4.78 is 5.46. The molecule has 2 atom stereocenters. The zero-order chi connectivity index (χ0) is 17.5. The highest BCUT2D eigenvalue weighted by molar-refractivity contribution is 5.92. The lowest BCUT2D eigenvalue weighted by Crippen LogP contribution is -2.35. The van der Waals surface area contributed by atoms with Crippen molar-refractivity contribution in [2.24, 2.45) is 16.8 Å². The summed E-state index contributed by atoms with van der Waals surface area (Å²) in [6, 6.07) is 7.78. The second-order valence-corrected chi connectivity index (χ2v) is 5.54.